The van der Waals surface area contributed by atoms with Crippen molar-refractivity contribution in [2.45, 2.75) is 12.8 Å². The summed E-state index contributed by atoms with van der Waals surface area (Å²) >= 11 is 0. The van der Waals surface area contributed by atoms with E-state index < -0.39 is 0 Å². The summed E-state index contributed by atoms with van der Waals surface area (Å²) in [6.07, 6.45) is 2.15. The third kappa shape index (κ3) is 4.06. The van der Waals surface area contributed by atoms with Gasteiger partial charge in [-0.05, 0) is 44.0 Å². The number of nitrogens with zero attached hydrogens (tertiary/aromatic N) is 3. The van der Waals surface area contributed by atoms with Crippen LogP contribution in [0.4, 0.5) is 0 Å². The second kappa shape index (κ2) is 8.14. The lowest BCUT2D eigenvalue weighted by Crippen LogP contribution is -2.27. The van der Waals surface area contributed by atoms with Crippen LogP contribution in [-0.2, 0) is 0 Å². The Bertz CT molecular complexity index is 828. The van der Waals surface area contributed by atoms with Crippen molar-refractivity contribution in [1.29, 1.82) is 0 Å². The SMILES string of the molecule is O=C(NCCC1CCNC1)c1nc(-c2ccccc2)n(-c2ccccc2)n1. The van der Waals surface area contributed by atoms with Crippen LogP contribution in [0.2, 0.25) is 0 Å². The van der Waals surface area contributed by atoms with E-state index in [-0.39, 0.29) is 11.7 Å². The molecule has 0 bridgehead atoms. The first-order valence-corrected chi connectivity index (χ1v) is 9.38. The molecular weight excluding hydrogens is 338 g/mol. The molecule has 1 fully saturated rings. The van der Waals surface area contributed by atoms with E-state index >= 15 is 0 Å². The maximum Gasteiger partial charge on any atom is 0.290 e. The van der Waals surface area contributed by atoms with Gasteiger partial charge in [0.2, 0.25) is 5.82 Å². The number of aromatic nitrogens is 3. The maximum absolute atomic E-state index is 12.6. The van der Waals surface area contributed by atoms with E-state index in [0.717, 1.165) is 30.8 Å². The maximum atomic E-state index is 12.6. The molecule has 27 heavy (non-hydrogen) atoms. The van der Waals surface area contributed by atoms with Crippen molar-refractivity contribution in [3.05, 3.63) is 66.5 Å². The summed E-state index contributed by atoms with van der Waals surface area (Å²) in [5.41, 5.74) is 1.80. The van der Waals surface area contributed by atoms with Crippen LogP contribution in [0.5, 0.6) is 0 Å². The number of carbonyl (C=O) groups excluding carboxylic acids is 1. The molecule has 138 valence electrons. The molecule has 0 aliphatic carbocycles. The largest absolute Gasteiger partial charge is 0.349 e. The predicted octanol–water partition coefficient (Wildman–Crippen LogP) is 2.66. The van der Waals surface area contributed by atoms with E-state index in [1.165, 1.54) is 6.42 Å². The van der Waals surface area contributed by atoms with Gasteiger partial charge in [0, 0.05) is 12.1 Å². The van der Waals surface area contributed by atoms with Crippen LogP contribution in [0, 0.1) is 5.92 Å². The lowest BCUT2D eigenvalue weighted by atomic mass is 10.1. The normalized spacial score (nSPS) is 16.4. The molecule has 1 amide bonds. The molecule has 6 heteroatoms. The molecule has 0 radical (unpaired) electrons. The predicted molar refractivity (Wildman–Crippen MR) is 105 cm³/mol. The molecule has 1 aromatic heterocycles. The molecule has 1 aliphatic rings. The van der Waals surface area contributed by atoms with Gasteiger partial charge >= 0.3 is 0 Å². The Morgan fingerprint density at radius 1 is 1.11 bits per heavy atom. The highest BCUT2D eigenvalue weighted by molar-refractivity contribution is 5.91. The summed E-state index contributed by atoms with van der Waals surface area (Å²) in [6.45, 7) is 2.75. The molecule has 1 unspecified atom stereocenters. The molecule has 2 heterocycles. The smallest absolute Gasteiger partial charge is 0.290 e. The summed E-state index contributed by atoms with van der Waals surface area (Å²) in [4.78, 5) is 17.1. The molecule has 0 spiro atoms. The van der Waals surface area contributed by atoms with Crippen LogP contribution >= 0.6 is 0 Å². The highest BCUT2D eigenvalue weighted by atomic mass is 16.2. The van der Waals surface area contributed by atoms with Gasteiger partial charge in [0.05, 0.1) is 5.69 Å². The minimum Gasteiger partial charge on any atom is -0.349 e. The van der Waals surface area contributed by atoms with E-state index in [1.54, 1.807) is 4.68 Å². The lowest BCUT2D eigenvalue weighted by Gasteiger charge is -2.07. The monoisotopic (exact) mass is 361 g/mol. The average Bonchev–Trinajstić information content (AvgIpc) is 3.39. The van der Waals surface area contributed by atoms with Gasteiger partial charge in [0.1, 0.15) is 0 Å². The Kier molecular flexibility index (Phi) is 5.25. The first kappa shape index (κ1) is 17.4. The summed E-state index contributed by atoms with van der Waals surface area (Å²) in [7, 11) is 0. The van der Waals surface area contributed by atoms with Gasteiger partial charge < -0.3 is 10.6 Å². The number of carbonyl (C=O) groups is 1. The topological polar surface area (TPSA) is 71.8 Å². The zero-order valence-electron chi connectivity index (χ0n) is 15.1. The van der Waals surface area contributed by atoms with E-state index in [1.807, 2.05) is 60.7 Å². The third-order valence-electron chi connectivity index (χ3n) is 4.84. The van der Waals surface area contributed by atoms with Crippen molar-refractivity contribution >= 4 is 5.91 Å². The Labute approximate surface area is 158 Å². The number of rotatable bonds is 6. The first-order chi connectivity index (χ1) is 13.3. The Morgan fingerprint density at radius 3 is 2.56 bits per heavy atom. The molecule has 2 aromatic carbocycles. The molecule has 4 rings (SSSR count). The zero-order valence-corrected chi connectivity index (χ0v) is 15.1. The van der Waals surface area contributed by atoms with Gasteiger partial charge in [0.25, 0.3) is 5.91 Å². The standard InChI is InChI=1S/C21H23N5O/c27-21(23-14-12-16-11-13-22-15-16)19-24-20(17-7-3-1-4-8-17)26(25-19)18-9-5-2-6-10-18/h1-10,16,22H,11-15H2,(H,23,27). The van der Waals surface area contributed by atoms with Crippen molar-refractivity contribution in [2.24, 2.45) is 5.92 Å². The van der Waals surface area contributed by atoms with E-state index in [9.17, 15) is 4.79 Å². The summed E-state index contributed by atoms with van der Waals surface area (Å²) in [5.74, 6) is 1.27. The molecule has 1 aliphatic heterocycles. The van der Waals surface area contributed by atoms with Crippen LogP contribution < -0.4 is 10.6 Å². The number of hydrogen-bond donors (Lipinski definition) is 2. The second-order valence-corrected chi connectivity index (χ2v) is 6.78. The van der Waals surface area contributed by atoms with E-state index in [4.69, 9.17) is 0 Å². The Balaban J connectivity index is 1.56. The molecule has 3 aromatic rings. The van der Waals surface area contributed by atoms with E-state index in [0.29, 0.717) is 18.3 Å². The van der Waals surface area contributed by atoms with Crippen molar-refractivity contribution in [1.82, 2.24) is 25.4 Å². The van der Waals surface area contributed by atoms with Crippen LogP contribution in [0.15, 0.2) is 60.7 Å². The van der Waals surface area contributed by atoms with Gasteiger partial charge in [-0.1, -0.05) is 48.5 Å². The minimum absolute atomic E-state index is 0.197. The zero-order chi connectivity index (χ0) is 18.5. The van der Waals surface area contributed by atoms with Gasteiger partial charge in [-0.2, -0.15) is 0 Å². The third-order valence-corrected chi connectivity index (χ3v) is 4.84. The van der Waals surface area contributed by atoms with E-state index in [2.05, 4.69) is 20.7 Å². The van der Waals surface area contributed by atoms with Gasteiger partial charge in [0.15, 0.2) is 5.82 Å². The summed E-state index contributed by atoms with van der Waals surface area (Å²) < 4.78 is 1.73. The number of benzene rings is 2. The number of para-hydroxylation sites is 1. The molecule has 1 atom stereocenters. The average molecular weight is 361 g/mol. The van der Waals surface area contributed by atoms with Crippen molar-refractivity contribution in [3.8, 4) is 17.1 Å². The summed E-state index contributed by atoms with van der Waals surface area (Å²) in [6, 6.07) is 19.6. The van der Waals surface area contributed by atoms with Crippen LogP contribution in [0.1, 0.15) is 23.5 Å². The van der Waals surface area contributed by atoms with Gasteiger partial charge in [-0.25, -0.2) is 9.67 Å². The second-order valence-electron chi connectivity index (χ2n) is 6.78. The lowest BCUT2D eigenvalue weighted by molar-refractivity contribution is 0.0941. The molecule has 1 saturated heterocycles. The fraction of sp³-hybridized carbons (Fsp3) is 0.286. The number of hydrogen-bond acceptors (Lipinski definition) is 4. The number of amides is 1. The Morgan fingerprint density at radius 2 is 1.85 bits per heavy atom. The molecular formula is C21H23N5O. The minimum atomic E-state index is -0.229. The van der Waals surface area contributed by atoms with Crippen molar-refractivity contribution in [3.63, 3.8) is 0 Å². The van der Waals surface area contributed by atoms with Crippen molar-refractivity contribution in [2.75, 3.05) is 19.6 Å². The molecule has 0 saturated carbocycles. The van der Waals surface area contributed by atoms with Crippen LogP contribution in [0.25, 0.3) is 17.1 Å². The van der Waals surface area contributed by atoms with Gasteiger partial charge in [-0.15, -0.1) is 5.10 Å². The summed E-state index contributed by atoms with van der Waals surface area (Å²) in [5, 5.41) is 10.8. The highest BCUT2D eigenvalue weighted by Gasteiger charge is 2.19. The van der Waals surface area contributed by atoms with Crippen LogP contribution in [0.3, 0.4) is 0 Å². The quantitative estimate of drug-likeness (QED) is 0.708. The fourth-order valence-corrected chi connectivity index (χ4v) is 3.36. The molecule has 2 N–H and O–H groups in total. The Hall–Kier alpha value is -2.99. The highest BCUT2D eigenvalue weighted by Crippen LogP contribution is 2.21. The van der Waals surface area contributed by atoms with Crippen LogP contribution in [-0.4, -0.2) is 40.3 Å². The molecule has 6 nitrogen and oxygen atoms in total. The first-order valence-electron chi connectivity index (χ1n) is 9.38. The fourth-order valence-electron chi connectivity index (χ4n) is 3.36. The van der Waals surface area contributed by atoms with Gasteiger partial charge in [-0.3, -0.25) is 4.79 Å². The van der Waals surface area contributed by atoms with Crippen molar-refractivity contribution < 1.29 is 4.79 Å². The number of nitrogens with one attached hydrogen (secondary N) is 2.